The van der Waals surface area contributed by atoms with Crippen LogP contribution in [0.3, 0.4) is 0 Å². The minimum absolute atomic E-state index is 0.919. The third-order valence-corrected chi connectivity index (χ3v) is 4.50. The van der Waals surface area contributed by atoms with Crippen molar-refractivity contribution in [1.29, 1.82) is 0 Å². The van der Waals surface area contributed by atoms with Crippen molar-refractivity contribution in [2.24, 2.45) is 5.92 Å². The smallest absolute Gasteiger partial charge is 0.182 e. The second-order valence-electron chi connectivity index (χ2n) is 4.49. The minimum Gasteiger partial charge on any atom is -0.365 e. The molecule has 0 spiro atoms. The van der Waals surface area contributed by atoms with Crippen molar-refractivity contribution in [3.05, 3.63) is 10.6 Å². The molecule has 1 heterocycles. The topological polar surface area (TPSA) is 24.9 Å². The van der Waals surface area contributed by atoms with Gasteiger partial charge in [-0.05, 0) is 19.3 Å². The molecule has 0 unspecified atom stereocenters. The van der Waals surface area contributed by atoms with Crippen molar-refractivity contribution in [2.45, 2.75) is 45.4 Å². The number of nitrogens with zero attached hydrogens (tertiary/aromatic N) is 1. The first kappa shape index (κ1) is 10.9. The zero-order valence-corrected chi connectivity index (χ0v) is 10.5. The van der Waals surface area contributed by atoms with Gasteiger partial charge in [-0.2, -0.15) is 0 Å². The van der Waals surface area contributed by atoms with Crippen LogP contribution in [0.1, 0.15) is 42.7 Å². The van der Waals surface area contributed by atoms with Crippen molar-refractivity contribution < 1.29 is 0 Å². The Bertz CT molecular complexity index is 313. The molecular formula is C12H20N2S. The van der Waals surface area contributed by atoms with E-state index in [-0.39, 0.29) is 0 Å². The van der Waals surface area contributed by atoms with E-state index in [4.69, 9.17) is 0 Å². The molecule has 0 radical (unpaired) electrons. The molecule has 2 rings (SSSR count). The highest BCUT2D eigenvalue weighted by Crippen LogP contribution is 2.31. The standard InChI is InChI=1S/C12H20N2S/c1-9-11(15-12(13-2)14-9)8-10-6-4-3-5-7-10/h10H,3-8H2,1-2H3,(H,13,14). The third kappa shape index (κ3) is 2.71. The first-order valence-electron chi connectivity index (χ1n) is 5.93. The van der Waals surface area contributed by atoms with Gasteiger partial charge in [-0.25, -0.2) is 4.98 Å². The summed E-state index contributed by atoms with van der Waals surface area (Å²) >= 11 is 1.83. The second-order valence-corrected chi connectivity index (χ2v) is 5.57. The van der Waals surface area contributed by atoms with E-state index in [0.29, 0.717) is 0 Å². The first-order chi connectivity index (χ1) is 7.29. The summed E-state index contributed by atoms with van der Waals surface area (Å²) in [6, 6.07) is 0. The molecule has 1 aliphatic carbocycles. The average Bonchev–Trinajstić information content (AvgIpc) is 2.61. The van der Waals surface area contributed by atoms with Crippen molar-refractivity contribution in [2.75, 3.05) is 12.4 Å². The average molecular weight is 224 g/mol. The van der Waals surface area contributed by atoms with Crippen LogP contribution in [0.2, 0.25) is 0 Å². The number of nitrogens with one attached hydrogen (secondary N) is 1. The lowest BCUT2D eigenvalue weighted by atomic mass is 9.86. The SMILES string of the molecule is CNc1nc(C)c(CC2CCCCC2)s1. The summed E-state index contributed by atoms with van der Waals surface area (Å²) in [4.78, 5) is 5.99. The van der Waals surface area contributed by atoms with Crippen molar-refractivity contribution in [3.8, 4) is 0 Å². The van der Waals surface area contributed by atoms with Crippen LogP contribution in [0.4, 0.5) is 5.13 Å². The van der Waals surface area contributed by atoms with Gasteiger partial charge in [0, 0.05) is 11.9 Å². The number of rotatable bonds is 3. The maximum Gasteiger partial charge on any atom is 0.182 e. The Morgan fingerprint density at radius 3 is 2.67 bits per heavy atom. The number of hydrogen-bond acceptors (Lipinski definition) is 3. The Labute approximate surface area is 96.1 Å². The summed E-state index contributed by atoms with van der Waals surface area (Å²) in [5.41, 5.74) is 1.23. The summed E-state index contributed by atoms with van der Waals surface area (Å²) in [5.74, 6) is 0.919. The predicted molar refractivity (Wildman–Crippen MR) is 66.7 cm³/mol. The molecule has 0 atom stereocenters. The molecule has 0 saturated heterocycles. The van der Waals surface area contributed by atoms with Crippen LogP contribution in [0.15, 0.2) is 0 Å². The Morgan fingerprint density at radius 1 is 1.33 bits per heavy atom. The number of thiazole rings is 1. The first-order valence-corrected chi connectivity index (χ1v) is 6.75. The molecule has 0 amide bonds. The highest BCUT2D eigenvalue weighted by molar-refractivity contribution is 7.15. The van der Waals surface area contributed by atoms with Crippen LogP contribution in [-0.2, 0) is 6.42 Å². The van der Waals surface area contributed by atoms with E-state index < -0.39 is 0 Å². The maximum atomic E-state index is 4.50. The van der Waals surface area contributed by atoms with E-state index in [2.05, 4.69) is 17.2 Å². The van der Waals surface area contributed by atoms with Crippen molar-refractivity contribution in [1.82, 2.24) is 4.98 Å². The predicted octanol–water partition coefficient (Wildman–Crippen LogP) is 3.62. The van der Waals surface area contributed by atoms with E-state index in [9.17, 15) is 0 Å². The number of aryl methyl sites for hydroxylation is 1. The molecule has 1 saturated carbocycles. The summed E-state index contributed by atoms with van der Waals surface area (Å²) in [7, 11) is 1.95. The van der Waals surface area contributed by atoms with Gasteiger partial charge in [0.2, 0.25) is 0 Å². The number of hydrogen-bond donors (Lipinski definition) is 1. The van der Waals surface area contributed by atoms with E-state index in [0.717, 1.165) is 11.0 Å². The van der Waals surface area contributed by atoms with E-state index in [1.165, 1.54) is 49.1 Å². The van der Waals surface area contributed by atoms with Crippen LogP contribution in [0, 0.1) is 12.8 Å². The largest absolute Gasteiger partial charge is 0.365 e. The Morgan fingerprint density at radius 2 is 2.07 bits per heavy atom. The fraction of sp³-hybridized carbons (Fsp3) is 0.750. The zero-order valence-electron chi connectivity index (χ0n) is 9.68. The molecule has 2 nitrogen and oxygen atoms in total. The normalized spacial score (nSPS) is 18.0. The lowest BCUT2D eigenvalue weighted by Crippen LogP contribution is -2.08. The quantitative estimate of drug-likeness (QED) is 0.848. The summed E-state index contributed by atoms with van der Waals surface area (Å²) in [6.45, 7) is 2.13. The highest BCUT2D eigenvalue weighted by Gasteiger charge is 2.16. The molecular weight excluding hydrogens is 204 g/mol. The molecule has 15 heavy (non-hydrogen) atoms. The van der Waals surface area contributed by atoms with Gasteiger partial charge in [-0.3, -0.25) is 0 Å². The Kier molecular flexibility index (Phi) is 3.62. The molecule has 0 aromatic carbocycles. The Balaban J connectivity index is 1.99. The molecule has 1 fully saturated rings. The van der Waals surface area contributed by atoms with Gasteiger partial charge < -0.3 is 5.32 Å². The highest BCUT2D eigenvalue weighted by atomic mass is 32.1. The van der Waals surface area contributed by atoms with E-state index in [1.807, 2.05) is 18.4 Å². The van der Waals surface area contributed by atoms with E-state index in [1.54, 1.807) is 0 Å². The van der Waals surface area contributed by atoms with Gasteiger partial charge in [-0.15, -0.1) is 11.3 Å². The van der Waals surface area contributed by atoms with Crippen LogP contribution in [0.5, 0.6) is 0 Å². The second kappa shape index (κ2) is 4.97. The summed E-state index contributed by atoms with van der Waals surface area (Å²) in [5, 5.41) is 4.20. The van der Waals surface area contributed by atoms with E-state index >= 15 is 0 Å². The van der Waals surface area contributed by atoms with Crippen molar-refractivity contribution >= 4 is 16.5 Å². The van der Waals surface area contributed by atoms with Gasteiger partial charge in [0.1, 0.15) is 0 Å². The fourth-order valence-electron chi connectivity index (χ4n) is 2.38. The van der Waals surface area contributed by atoms with Crippen LogP contribution in [-0.4, -0.2) is 12.0 Å². The van der Waals surface area contributed by atoms with Gasteiger partial charge >= 0.3 is 0 Å². The van der Waals surface area contributed by atoms with Gasteiger partial charge in [0.05, 0.1) is 5.69 Å². The maximum absolute atomic E-state index is 4.50. The van der Waals surface area contributed by atoms with Crippen LogP contribution < -0.4 is 5.32 Å². The molecule has 84 valence electrons. The van der Waals surface area contributed by atoms with Crippen LogP contribution >= 0.6 is 11.3 Å². The van der Waals surface area contributed by atoms with Gasteiger partial charge in [-0.1, -0.05) is 32.1 Å². The molecule has 0 bridgehead atoms. The third-order valence-electron chi connectivity index (χ3n) is 3.31. The lowest BCUT2D eigenvalue weighted by molar-refractivity contribution is 0.358. The Hall–Kier alpha value is -0.570. The fourth-order valence-corrected chi connectivity index (χ4v) is 3.41. The monoisotopic (exact) mass is 224 g/mol. The summed E-state index contributed by atoms with van der Waals surface area (Å²) < 4.78 is 0. The number of anilines is 1. The van der Waals surface area contributed by atoms with Crippen molar-refractivity contribution in [3.63, 3.8) is 0 Å². The lowest BCUT2D eigenvalue weighted by Gasteiger charge is -2.20. The zero-order chi connectivity index (χ0) is 10.7. The minimum atomic E-state index is 0.919. The molecule has 0 aliphatic heterocycles. The molecule has 1 N–H and O–H groups in total. The van der Waals surface area contributed by atoms with Gasteiger partial charge in [0.15, 0.2) is 5.13 Å². The summed E-state index contributed by atoms with van der Waals surface area (Å²) in [6.07, 6.45) is 8.41. The molecule has 3 heteroatoms. The molecule has 1 aromatic rings. The molecule has 1 aliphatic rings. The number of aromatic nitrogens is 1. The van der Waals surface area contributed by atoms with Crippen LogP contribution in [0.25, 0.3) is 0 Å². The van der Waals surface area contributed by atoms with Gasteiger partial charge in [0.25, 0.3) is 0 Å². The molecule has 1 aromatic heterocycles.